The number of nitrogens with one attached hydrogen (secondary N) is 2. The summed E-state index contributed by atoms with van der Waals surface area (Å²) in [5, 5.41) is 24.6. The van der Waals surface area contributed by atoms with Crippen molar-refractivity contribution in [1.82, 2.24) is 10.2 Å². The molecule has 0 aliphatic rings. The Morgan fingerprint density at radius 2 is 1.87 bits per heavy atom. The van der Waals surface area contributed by atoms with Gasteiger partial charge in [0.25, 0.3) is 11.6 Å². The first-order valence-corrected chi connectivity index (χ1v) is 11.1. The third-order valence-corrected chi connectivity index (χ3v) is 6.32. The van der Waals surface area contributed by atoms with Crippen LogP contribution >= 0.6 is 23.1 Å². The molecule has 0 spiro atoms. The molecule has 3 rings (SSSR count). The smallest absolute Gasteiger partial charge is 0.273 e. The van der Waals surface area contributed by atoms with Gasteiger partial charge in [0, 0.05) is 22.9 Å². The summed E-state index contributed by atoms with van der Waals surface area (Å²) in [5.41, 5.74) is 2.24. The fourth-order valence-corrected chi connectivity index (χ4v) is 4.25. The maximum atomic E-state index is 12.5. The van der Waals surface area contributed by atoms with Crippen LogP contribution in [-0.4, -0.2) is 32.7 Å². The Labute approximate surface area is 186 Å². The summed E-state index contributed by atoms with van der Waals surface area (Å²) in [6, 6.07) is 11.9. The monoisotopic (exact) mass is 457 g/mol. The summed E-state index contributed by atoms with van der Waals surface area (Å²) in [7, 11) is 0. The first-order chi connectivity index (χ1) is 14.9. The molecule has 11 heteroatoms. The summed E-state index contributed by atoms with van der Waals surface area (Å²) in [4.78, 5) is 35.1. The Morgan fingerprint density at radius 3 is 2.55 bits per heavy atom. The molecule has 0 atom stereocenters. The fourth-order valence-electron chi connectivity index (χ4n) is 2.70. The second kappa shape index (κ2) is 10.1. The lowest BCUT2D eigenvalue weighted by molar-refractivity contribution is -0.385. The first kappa shape index (κ1) is 22.4. The molecule has 0 saturated heterocycles. The largest absolute Gasteiger partial charge is 0.325 e. The molecular weight excluding hydrogens is 438 g/mol. The Bertz CT molecular complexity index is 1120. The van der Waals surface area contributed by atoms with Gasteiger partial charge in [0.15, 0.2) is 4.34 Å². The average molecular weight is 458 g/mol. The van der Waals surface area contributed by atoms with Crippen LogP contribution in [0, 0.1) is 17.0 Å². The molecule has 1 heterocycles. The fraction of sp³-hybridized carbons (Fsp3) is 0.200. The minimum atomic E-state index is -0.533. The Balaban J connectivity index is 1.55. The van der Waals surface area contributed by atoms with E-state index >= 15 is 0 Å². The molecule has 2 aromatic carbocycles. The molecule has 2 amide bonds. The van der Waals surface area contributed by atoms with E-state index in [-0.39, 0.29) is 33.6 Å². The molecule has 1 aromatic heterocycles. The van der Waals surface area contributed by atoms with Crippen LogP contribution in [-0.2, 0) is 11.2 Å². The molecule has 0 unspecified atom stereocenters. The summed E-state index contributed by atoms with van der Waals surface area (Å²) in [6.45, 7) is 3.58. The summed E-state index contributed by atoms with van der Waals surface area (Å²) in [5.74, 6) is -0.549. The second-order valence-electron chi connectivity index (χ2n) is 6.42. The van der Waals surface area contributed by atoms with Crippen molar-refractivity contribution in [1.29, 1.82) is 0 Å². The molecule has 2 N–H and O–H groups in total. The van der Waals surface area contributed by atoms with Crippen molar-refractivity contribution in [3.05, 3.63) is 69.3 Å². The van der Waals surface area contributed by atoms with Crippen LogP contribution in [0.4, 0.5) is 16.5 Å². The van der Waals surface area contributed by atoms with Gasteiger partial charge >= 0.3 is 0 Å². The number of benzene rings is 2. The molecule has 9 nitrogen and oxygen atoms in total. The number of thioether (sulfide) groups is 1. The minimum Gasteiger partial charge on any atom is -0.325 e. The number of nitro groups is 1. The van der Waals surface area contributed by atoms with Crippen LogP contribution in [0.1, 0.15) is 28.4 Å². The molecule has 0 aliphatic carbocycles. The number of nitrogens with zero attached hydrogens (tertiary/aromatic N) is 3. The van der Waals surface area contributed by atoms with Gasteiger partial charge in [-0.05, 0) is 37.1 Å². The highest BCUT2D eigenvalue weighted by atomic mass is 32.2. The van der Waals surface area contributed by atoms with E-state index in [1.165, 1.54) is 42.4 Å². The number of hydrogen-bond donors (Lipinski definition) is 2. The van der Waals surface area contributed by atoms with E-state index in [1.807, 2.05) is 24.3 Å². The summed E-state index contributed by atoms with van der Waals surface area (Å²) >= 11 is 2.32. The lowest BCUT2D eigenvalue weighted by atomic mass is 10.1. The zero-order chi connectivity index (χ0) is 22.4. The zero-order valence-electron chi connectivity index (χ0n) is 16.7. The molecule has 0 fully saturated rings. The van der Waals surface area contributed by atoms with E-state index in [1.54, 1.807) is 0 Å². The van der Waals surface area contributed by atoms with E-state index in [4.69, 9.17) is 0 Å². The molecular formula is C20H19N5O4S2. The van der Waals surface area contributed by atoms with Crippen LogP contribution in [0.25, 0.3) is 0 Å². The van der Waals surface area contributed by atoms with Gasteiger partial charge < -0.3 is 5.32 Å². The lowest BCUT2D eigenvalue weighted by Crippen LogP contribution is -2.14. The predicted molar refractivity (Wildman–Crippen MR) is 121 cm³/mol. The van der Waals surface area contributed by atoms with Gasteiger partial charge in [-0.25, -0.2) is 0 Å². The van der Waals surface area contributed by atoms with Crippen LogP contribution in [0.2, 0.25) is 0 Å². The lowest BCUT2D eigenvalue weighted by Gasteiger charge is -2.05. The normalized spacial score (nSPS) is 10.5. The second-order valence-corrected chi connectivity index (χ2v) is 8.62. The van der Waals surface area contributed by atoms with E-state index < -0.39 is 10.8 Å². The van der Waals surface area contributed by atoms with Crippen molar-refractivity contribution in [2.24, 2.45) is 0 Å². The van der Waals surface area contributed by atoms with Gasteiger partial charge in [-0.2, -0.15) is 0 Å². The topological polar surface area (TPSA) is 127 Å². The van der Waals surface area contributed by atoms with E-state index in [9.17, 15) is 19.7 Å². The third kappa shape index (κ3) is 5.86. The van der Waals surface area contributed by atoms with Crippen LogP contribution in [0.5, 0.6) is 0 Å². The molecule has 0 saturated carbocycles. The van der Waals surface area contributed by atoms with Crippen molar-refractivity contribution in [3.63, 3.8) is 0 Å². The van der Waals surface area contributed by atoms with Gasteiger partial charge in [0.05, 0.1) is 10.7 Å². The van der Waals surface area contributed by atoms with Gasteiger partial charge in [-0.3, -0.25) is 25.0 Å². The number of carbonyl (C=O) groups is 2. The average Bonchev–Trinajstić information content (AvgIpc) is 3.20. The number of aromatic nitrogens is 2. The van der Waals surface area contributed by atoms with Crippen molar-refractivity contribution in [3.8, 4) is 0 Å². The van der Waals surface area contributed by atoms with E-state index in [0.29, 0.717) is 4.34 Å². The standard InChI is InChI=1S/C20H19N5O4S2/c1-3-13-7-9-14(10-8-13)21-17(26)11-30-20-24-23-19(31-20)22-18(27)15-5-4-6-16(12(15)2)25(28)29/h4-10H,3,11H2,1-2H3,(H,21,26)(H,22,23,27). The maximum Gasteiger partial charge on any atom is 0.273 e. The van der Waals surface area contributed by atoms with Crippen molar-refractivity contribution >= 4 is 51.4 Å². The first-order valence-electron chi connectivity index (χ1n) is 9.27. The SMILES string of the molecule is CCc1ccc(NC(=O)CSc2nnc(NC(=O)c3cccc([N+](=O)[O-])c3C)s2)cc1. The quantitative estimate of drug-likeness (QED) is 0.223. The molecule has 0 bridgehead atoms. The molecule has 3 aromatic rings. The van der Waals surface area contributed by atoms with E-state index in [0.717, 1.165) is 23.4 Å². The highest BCUT2D eigenvalue weighted by Crippen LogP contribution is 2.27. The highest BCUT2D eigenvalue weighted by molar-refractivity contribution is 8.01. The maximum absolute atomic E-state index is 12.5. The number of amides is 2. The highest BCUT2D eigenvalue weighted by Gasteiger charge is 2.19. The van der Waals surface area contributed by atoms with Crippen molar-refractivity contribution in [2.45, 2.75) is 24.6 Å². The van der Waals surface area contributed by atoms with E-state index in [2.05, 4.69) is 27.8 Å². The number of anilines is 2. The number of aryl methyl sites for hydroxylation is 1. The minimum absolute atomic E-state index is 0.128. The molecule has 31 heavy (non-hydrogen) atoms. The molecule has 0 radical (unpaired) electrons. The van der Waals surface area contributed by atoms with Gasteiger partial charge in [0.2, 0.25) is 11.0 Å². The third-order valence-electron chi connectivity index (χ3n) is 4.35. The van der Waals surface area contributed by atoms with Gasteiger partial charge in [-0.15, -0.1) is 10.2 Å². The Hall–Kier alpha value is -3.31. The number of nitro benzene ring substituents is 1. The van der Waals surface area contributed by atoms with Gasteiger partial charge in [-0.1, -0.05) is 48.2 Å². The molecule has 0 aliphatic heterocycles. The number of hydrogen-bond acceptors (Lipinski definition) is 8. The van der Waals surface area contributed by atoms with Crippen molar-refractivity contribution in [2.75, 3.05) is 16.4 Å². The predicted octanol–water partition coefficient (Wildman–Crippen LogP) is 4.30. The summed E-state index contributed by atoms with van der Waals surface area (Å²) in [6.07, 6.45) is 0.931. The zero-order valence-corrected chi connectivity index (χ0v) is 18.4. The van der Waals surface area contributed by atoms with Gasteiger partial charge in [0.1, 0.15) is 0 Å². The molecule has 160 valence electrons. The Kier molecular flexibility index (Phi) is 7.32. The van der Waals surface area contributed by atoms with Crippen LogP contribution < -0.4 is 10.6 Å². The summed E-state index contributed by atoms with van der Waals surface area (Å²) < 4.78 is 0.516. The number of rotatable bonds is 8. The van der Waals surface area contributed by atoms with Crippen LogP contribution in [0.3, 0.4) is 0 Å². The van der Waals surface area contributed by atoms with Crippen molar-refractivity contribution < 1.29 is 14.5 Å². The number of carbonyl (C=O) groups excluding carboxylic acids is 2. The Morgan fingerprint density at radius 1 is 1.13 bits per heavy atom. The van der Waals surface area contributed by atoms with Crippen LogP contribution in [0.15, 0.2) is 46.8 Å².